The standard InChI is InChI=1S/C22H20ClF3N2O4/c23-15-5-13(1-3-16(15)24)31-10-20(29)27-19-9-22(7-12(19)8-22)28-21(30)11-32-14-2-4-17(25)18(26)6-14/h1-6,12,19H,7-11H2,(H,27,29)(H,28,30). The third-order valence-corrected chi connectivity index (χ3v) is 6.05. The number of carbonyl (C=O) groups is 2. The number of benzene rings is 2. The van der Waals surface area contributed by atoms with Crippen LogP contribution >= 0.6 is 11.6 Å². The zero-order chi connectivity index (χ0) is 22.9. The second kappa shape index (κ2) is 8.90. The first kappa shape index (κ1) is 22.3. The fraction of sp³-hybridized carbons (Fsp3) is 0.364. The molecular weight excluding hydrogens is 449 g/mol. The van der Waals surface area contributed by atoms with Crippen LogP contribution in [0.4, 0.5) is 13.2 Å². The fourth-order valence-electron chi connectivity index (χ4n) is 4.32. The van der Waals surface area contributed by atoms with E-state index in [1.165, 1.54) is 18.2 Å². The van der Waals surface area contributed by atoms with Gasteiger partial charge in [0.1, 0.15) is 17.3 Å². The van der Waals surface area contributed by atoms with Crippen LogP contribution in [0.15, 0.2) is 36.4 Å². The summed E-state index contributed by atoms with van der Waals surface area (Å²) in [6.07, 6.45) is 2.02. The molecule has 2 bridgehead atoms. The molecule has 0 aromatic heterocycles. The van der Waals surface area contributed by atoms with Crippen molar-refractivity contribution in [1.29, 1.82) is 0 Å². The summed E-state index contributed by atoms with van der Waals surface area (Å²) < 4.78 is 49.9. The van der Waals surface area contributed by atoms with Gasteiger partial charge in [-0.1, -0.05) is 11.6 Å². The van der Waals surface area contributed by atoms with Crippen molar-refractivity contribution in [3.63, 3.8) is 0 Å². The maximum absolute atomic E-state index is 13.2. The van der Waals surface area contributed by atoms with Crippen molar-refractivity contribution in [1.82, 2.24) is 10.6 Å². The maximum Gasteiger partial charge on any atom is 0.258 e. The van der Waals surface area contributed by atoms with Crippen molar-refractivity contribution in [3.05, 3.63) is 58.9 Å². The first-order valence-corrected chi connectivity index (χ1v) is 10.4. The minimum Gasteiger partial charge on any atom is -0.484 e. The summed E-state index contributed by atoms with van der Waals surface area (Å²) in [6.45, 7) is -0.574. The molecule has 10 heteroatoms. The molecule has 0 saturated heterocycles. The largest absolute Gasteiger partial charge is 0.484 e. The predicted octanol–water partition coefficient (Wildman–Crippen LogP) is 3.37. The van der Waals surface area contributed by atoms with Gasteiger partial charge in [-0.15, -0.1) is 0 Å². The van der Waals surface area contributed by atoms with Gasteiger partial charge < -0.3 is 20.1 Å². The highest BCUT2D eigenvalue weighted by atomic mass is 35.5. The summed E-state index contributed by atoms with van der Waals surface area (Å²) in [5.41, 5.74) is -0.414. The van der Waals surface area contributed by atoms with Crippen molar-refractivity contribution >= 4 is 23.4 Å². The molecule has 1 atom stereocenters. The molecule has 3 saturated carbocycles. The van der Waals surface area contributed by atoms with E-state index in [0.717, 1.165) is 31.0 Å². The average molecular weight is 469 g/mol. The Hall–Kier alpha value is -2.94. The molecule has 3 aliphatic carbocycles. The quantitative estimate of drug-likeness (QED) is 0.623. The monoisotopic (exact) mass is 468 g/mol. The van der Waals surface area contributed by atoms with Crippen LogP contribution < -0.4 is 20.1 Å². The number of amides is 2. The summed E-state index contributed by atoms with van der Waals surface area (Å²) >= 11 is 5.69. The van der Waals surface area contributed by atoms with Gasteiger partial charge in [-0.25, -0.2) is 13.2 Å². The Labute approximate surface area is 187 Å². The predicted molar refractivity (Wildman–Crippen MR) is 109 cm³/mol. The van der Waals surface area contributed by atoms with Crippen molar-refractivity contribution in [2.75, 3.05) is 13.2 Å². The number of ether oxygens (including phenoxy) is 2. The minimum atomic E-state index is -1.05. The third-order valence-electron chi connectivity index (χ3n) is 5.76. The Bertz CT molecular complexity index is 1050. The molecule has 0 aliphatic heterocycles. The second-order valence-electron chi connectivity index (χ2n) is 8.10. The van der Waals surface area contributed by atoms with E-state index in [-0.39, 0.29) is 53.5 Å². The van der Waals surface area contributed by atoms with Gasteiger partial charge in [0.25, 0.3) is 11.8 Å². The highest BCUT2D eigenvalue weighted by Crippen LogP contribution is 2.52. The van der Waals surface area contributed by atoms with Crippen LogP contribution in [0.25, 0.3) is 0 Å². The molecule has 1 unspecified atom stereocenters. The van der Waals surface area contributed by atoms with Crippen molar-refractivity contribution < 1.29 is 32.2 Å². The van der Waals surface area contributed by atoms with Crippen LogP contribution in [0.5, 0.6) is 11.5 Å². The van der Waals surface area contributed by atoms with Gasteiger partial charge in [-0.2, -0.15) is 0 Å². The second-order valence-corrected chi connectivity index (χ2v) is 8.51. The van der Waals surface area contributed by atoms with Crippen molar-refractivity contribution in [2.45, 2.75) is 30.8 Å². The molecule has 5 rings (SSSR count). The molecule has 3 fully saturated rings. The zero-order valence-corrected chi connectivity index (χ0v) is 17.6. The highest BCUT2D eigenvalue weighted by molar-refractivity contribution is 6.30. The number of carbonyl (C=O) groups excluding carboxylic acids is 2. The summed E-state index contributed by atoms with van der Waals surface area (Å²) in [5, 5.41) is 5.74. The Kier molecular flexibility index (Phi) is 6.19. The Balaban J connectivity index is 1.21. The van der Waals surface area contributed by atoms with E-state index in [1.54, 1.807) is 0 Å². The van der Waals surface area contributed by atoms with Crippen LogP contribution in [-0.2, 0) is 9.59 Å². The molecule has 0 spiro atoms. The van der Waals surface area contributed by atoms with E-state index < -0.39 is 23.0 Å². The fourth-order valence-corrected chi connectivity index (χ4v) is 4.49. The van der Waals surface area contributed by atoms with Gasteiger partial charge in [0, 0.05) is 23.7 Å². The maximum atomic E-state index is 13.2. The molecule has 32 heavy (non-hydrogen) atoms. The molecule has 0 radical (unpaired) electrons. The molecule has 170 valence electrons. The highest BCUT2D eigenvalue weighted by Gasteiger charge is 2.57. The summed E-state index contributed by atoms with van der Waals surface area (Å²) in [5.74, 6) is -2.74. The SMILES string of the molecule is O=C(COc1ccc(F)c(Cl)c1)NC1CC2(NC(=O)COc3ccc(F)c(F)c3)CC1C2. The lowest BCUT2D eigenvalue weighted by Crippen LogP contribution is -2.53. The Morgan fingerprint density at radius 3 is 2.19 bits per heavy atom. The summed E-state index contributed by atoms with van der Waals surface area (Å²) in [7, 11) is 0. The molecule has 2 aromatic rings. The molecule has 0 heterocycles. The molecule has 2 N–H and O–H groups in total. The smallest absolute Gasteiger partial charge is 0.258 e. The topological polar surface area (TPSA) is 76.7 Å². The van der Waals surface area contributed by atoms with Gasteiger partial charge in [-0.05, 0) is 49.4 Å². The van der Waals surface area contributed by atoms with Crippen LogP contribution in [0.3, 0.4) is 0 Å². The zero-order valence-electron chi connectivity index (χ0n) is 16.8. The van der Waals surface area contributed by atoms with E-state index in [1.807, 2.05) is 0 Å². The lowest BCUT2D eigenvalue weighted by Gasteiger charge is -2.39. The number of hydrogen-bond acceptors (Lipinski definition) is 4. The third kappa shape index (κ3) is 4.93. The molecule has 2 amide bonds. The number of nitrogens with one attached hydrogen (secondary N) is 2. The van der Waals surface area contributed by atoms with E-state index in [2.05, 4.69) is 10.6 Å². The van der Waals surface area contributed by atoms with E-state index >= 15 is 0 Å². The first-order chi connectivity index (χ1) is 15.2. The van der Waals surface area contributed by atoms with E-state index in [9.17, 15) is 22.8 Å². The van der Waals surface area contributed by atoms with Gasteiger partial charge >= 0.3 is 0 Å². The lowest BCUT2D eigenvalue weighted by atomic mass is 9.76. The number of rotatable bonds is 8. The van der Waals surface area contributed by atoms with E-state index in [0.29, 0.717) is 6.42 Å². The summed E-state index contributed by atoms with van der Waals surface area (Å²) in [6, 6.07) is 6.78. The van der Waals surface area contributed by atoms with Gasteiger partial charge in [0.2, 0.25) is 0 Å². The minimum absolute atomic E-state index is 0.0574. The molecular formula is C22H20ClF3N2O4. The van der Waals surface area contributed by atoms with Gasteiger partial charge in [0.15, 0.2) is 24.8 Å². The van der Waals surface area contributed by atoms with Crippen LogP contribution in [0.1, 0.15) is 19.3 Å². The van der Waals surface area contributed by atoms with Crippen LogP contribution in [0.2, 0.25) is 5.02 Å². The molecule has 6 nitrogen and oxygen atoms in total. The number of halogens is 4. The Morgan fingerprint density at radius 2 is 1.53 bits per heavy atom. The lowest BCUT2D eigenvalue weighted by molar-refractivity contribution is -0.126. The van der Waals surface area contributed by atoms with Gasteiger partial charge in [-0.3, -0.25) is 9.59 Å². The number of hydrogen-bond donors (Lipinski definition) is 2. The van der Waals surface area contributed by atoms with Gasteiger partial charge in [0.05, 0.1) is 5.02 Å². The molecule has 2 aromatic carbocycles. The average Bonchev–Trinajstić information content (AvgIpc) is 3.23. The van der Waals surface area contributed by atoms with Crippen LogP contribution in [0, 0.1) is 23.4 Å². The summed E-state index contributed by atoms with van der Waals surface area (Å²) in [4.78, 5) is 24.5. The van der Waals surface area contributed by atoms with Crippen molar-refractivity contribution in [3.8, 4) is 11.5 Å². The van der Waals surface area contributed by atoms with E-state index in [4.69, 9.17) is 21.1 Å². The van der Waals surface area contributed by atoms with Crippen molar-refractivity contribution in [2.24, 2.45) is 5.92 Å². The molecule has 3 aliphatic rings. The normalized spacial score (nSPS) is 23.2. The number of fused-ring (bicyclic) bond motifs is 1. The Morgan fingerprint density at radius 1 is 0.906 bits per heavy atom. The first-order valence-electron chi connectivity index (χ1n) is 9.99. The van der Waals surface area contributed by atoms with Crippen LogP contribution in [-0.4, -0.2) is 36.6 Å².